The van der Waals surface area contributed by atoms with Gasteiger partial charge in [-0.2, -0.15) is 0 Å². The van der Waals surface area contributed by atoms with Gasteiger partial charge >= 0.3 is 0 Å². The molecule has 0 amide bonds. The van der Waals surface area contributed by atoms with Crippen LogP contribution in [0.25, 0.3) is 0 Å². The van der Waals surface area contributed by atoms with Crippen molar-refractivity contribution in [1.82, 2.24) is 4.98 Å². The second-order valence-electron chi connectivity index (χ2n) is 8.59. The highest BCUT2D eigenvalue weighted by Gasteiger charge is 2.40. The lowest BCUT2D eigenvalue weighted by atomic mass is 9.83. The third-order valence-corrected chi connectivity index (χ3v) is 10.5. The van der Waals surface area contributed by atoms with Gasteiger partial charge in [0.1, 0.15) is 0 Å². The SMILES string of the molecule is CC(C)(C)[Si](C)(C)OC1CCCc2c1ncc1c2CCCC1. The van der Waals surface area contributed by atoms with Gasteiger partial charge in [0.15, 0.2) is 8.32 Å². The maximum absolute atomic E-state index is 6.74. The predicted molar refractivity (Wildman–Crippen MR) is 94.8 cm³/mol. The molecule has 0 spiro atoms. The number of pyridine rings is 1. The minimum absolute atomic E-state index is 0.233. The molecule has 0 saturated carbocycles. The van der Waals surface area contributed by atoms with Crippen molar-refractivity contribution in [1.29, 1.82) is 0 Å². The molecule has 122 valence electrons. The Hall–Kier alpha value is -0.673. The van der Waals surface area contributed by atoms with Crippen molar-refractivity contribution in [3.8, 4) is 0 Å². The van der Waals surface area contributed by atoms with Crippen molar-refractivity contribution in [3.63, 3.8) is 0 Å². The Morgan fingerprint density at radius 2 is 1.73 bits per heavy atom. The fraction of sp³-hybridized carbons (Fsp3) is 0.737. The fourth-order valence-electron chi connectivity index (χ4n) is 3.60. The summed E-state index contributed by atoms with van der Waals surface area (Å²) in [7, 11) is -1.74. The van der Waals surface area contributed by atoms with E-state index in [0.29, 0.717) is 0 Å². The molecule has 0 fully saturated rings. The van der Waals surface area contributed by atoms with E-state index in [1.54, 1.807) is 11.1 Å². The third kappa shape index (κ3) is 2.90. The lowest BCUT2D eigenvalue weighted by molar-refractivity contribution is 0.158. The molecule has 1 aromatic heterocycles. The van der Waals surface area contributed by atoms with Gasteiger partial charge in [-0.05, 0) is 79.8 Å². The van der Waals surface area contributed by atoms with E-state index in [0.717, 1.165) is 6.42 Å². The topological polar surface area (TPSA) is 22.1 Å². The van der Waals surface area contributed by atoms with Crippen molar-refractivity contribution in [3.05, 3.63) is 28.6 Å². The fourth-order valence-corrected chi connectivity index (χ4v) is 4.89. The number of hydrogen-bond acceptors (Lipinski definition) is 2. The molecule has 3 heteroatoms. The molecular formula is C19H31NOSi. The van der Waals surface area contributed by atoms with Crippen molar-refractivity contribution in [2.45, 2.75) is 90.0 Å². The third-order valence-electron chi connectivity index (χ3n) is 5.98. The molecule has 22 heavy (non-hydrogen) atoms. The Balaban J connectivity index is 1.92. The molecular weight excluding hydrogens is 286 g/mol. The lowest BCUT2D eigenvalue weighted by Gasteiger charge is -2.41. The van der Waals surface area contributed by atoms with Gasteiger partial charge in [0.05, 0.1) is 11.8 Å². The highest BCUT2D eigenvalue weighted by Crippen LogP contribution is 2.43. The van der Waals surface area contributed by atoms with Crippen LogP contribution in [-0.2, 0) is 23.7 Å². The molecule has 1 atom stereocenters. The number of aromatic nitrogens is 1. The zero-order valence-electron chi connectivity index (χ0n) is 15.0. The number of hydrogen-bond donors (Lipinski definition) is 0. The van der Waals surface area contributed by atoms with Gasteiger partial charge in [0.25, 0.3) is 0 Å². The van der Waals surface area contributed by atoms with Gasteiger partial charge in [-0.25, -0.2) is 0 Å². The van der Waals surface area contributed by atoms with E-state index in [-0.39, 0.29) is 11.1 Å². The van der Waals surface area contributed by atoms with E-state index in [1.165, 1.54) is 49.8 Å². The summed E-state index contributed by atoms with van der Waals surface area (Å²) in [6.07, 6.45) is 11.2. The van der Waals surface area contributed by atoms with Crippen LogP contribution >= 0.6 is 0 Å². The Morgan fingerprint density at radius 1 is 1.05 bits per heavy atom. The van der Waals surface area contributed by atoms with Crippen LogP contribution in [0, 0.1) is 0 Å². The smallest absolute Gasteiger partial charge is 0.192 e. The summed E-state index contributed by atoms with van der Waals surface area (Å²) >= 11 is 0. The first-order chi connectivity index (χ1) is 10.3. The first-order valence-electron chi connectivity index (χ1n) is 8.97. The van der Waals surface area contributed by atoms with Gasteiger partial charge in [-0.3, -0.25) is 4.98 Å². The molecule has 1 aromatic rings. The van der Waals surface area contributed by atoms with E-state index in [2.05, 4.69) is 40.1 Å². The van der Waals surface area contributed by atoms with E-state index < -0.39 is 8.32 Å². The second kappa shape index (κ2) is 5.75. The average Bonchev–Trinajstić information content (AvgIpc) is 2.46. The minimum Gasteiger partial charge on any atom is -0.408 e. The van der Waals surface area contributed by atoms with Crippen molar-refractivity contribution >= 4 is 8.32 Å². The molecule has 3 rings (SSSR count). The van der Waals surface area contributed by atoms with E-state index in [9.17, 15) is 0 Å². The highest BCUT2D eigenvalue weighted by molar-refractivity contribution is 6.74. The lowest BCUT2D eigenvalue weighted by Crippen LogP contribution is -2.42. The molecule has 0 N–H and O–H groups in total. The van der Waals surface area contributed by atoms with Gasteiger partial charge < -0.3 is 4.43 Å². The summed E-state index contributed by atoms with van der Waals surface area (Å²) in [5, 5.41) is 0.263. The summed E-state index contributed by atoms with van der Waals surface area (Å²) in [5.41, 5.74) is 5.96. The van der Waals surface area contributed by atoms with Gasteiger partial charge in [0.2, 0.25) is 0 Å². The molecule has 1 unspecified atom stereocenters. The molecule has 2 nitrogen and oxygen atoms in total. The number of rotatable bonds is 2. The molecule has 0 aromatic carbocycles. The van der Waals surface area contributed by atoms with Crippen molar-refractivity contribution in [2.24, 2.45) is 0 Å². The first-order valence-corrected chi connectivity index (χ1v) is 11.9. The summed E-state index contributed by atoms with van der Waals surface area (Å²) in [6.45, 7) is 11.7. The van der Waals surface area contributed by atoms with Gasteiger partial charge in [-0.15, -0.1) is 0 Å². The zero-order valence-corrected chi connectivity index (χ0v) is 16.0. The largest absolute Gasteiger partial charge is 0.408 e. The maximum Gasteiger partial charge on any atom is 0.192 e. The normalized spacial score (nSPS) is 22.1. The first kappa shape index (κ1) is 16.2. The van der Waals surface area contributed by atoms with Crippen LogP contribution in [0.4, 0.5) is 0 Å². The molecule has 0 aliphatic heterocycles. The summed E-state index contributed by atoms with van der Waals surface area (Å²) in [6, 6.07) is 0. The Morgan fingerprint density at radius 3 is 2.45 bits per heavy atom. The summed E-state index contributed by atoms with van der Waals surface area (Å²) in [5.74, 6) is 0. The molecule has 0 saturated heterocycles. The minimum atomic E-state index is -1.74. The van der Waals surface area contributed by atoms with E-state index >= 15 is 0 Å². The van der Waals surface area contributed by atoms with Crippen LogP contribution in [-0.4, -0.2) is 13.3 Å². The van der Waals surface area contributed by atoms with Gasteiger partial charge in [0, 0.05) is 6.20 Å². The average molecular weight is 318 g/mol. The predicted octanol–water partition coefficient (Wildman–Crippen LogP) is 5.36. The summed E-state index contributed by atoms with van der Waals surface area (Å²) < 4.78 is 6.74. The molecule has 2 aliphatic rings. The Kier molecular flexibility index (Phi) is 4.24. The maximum atomic E-state index is 6.74. The van der Waals surface area contributed by atoms with Crippen molar-refractivity contribution < 1.29 is 4.43 Å². The highest BCUT2D eigenvalue weighted by atomic mass is 28.4. The zero-order chi connectivity index (χ0) is 16.0. The molecule has 1 heterocycles. The number of aryl methyl sites for hydroxylation is 1. The van der Waals surface area contributed by atoms with Crippen LogP contribution in [0.2, 0.25) is 18.1 Å². The summed E-state index contributed by atoms with van der Waals surface area (Å²) in [4.78, 5) is 4.88. The number of nitrogens with zero attached hydrogens (tertiary/aromatic N) is 1. The van der Waals surface area contributed by atoms with Crippen molar-refractivity contribution in [2.75, 3.05) is 0 Å². The monoisotopic (exact) mass is 317 g/mol. The quantitative estimate of drug-likeness (QED) is 0.685. The van der Waals surface area contributed by atoms with Gasteiger partial charge in [-0.1, -0.05) is 20.8 Å². The standard InChI is InChI=1S/C19H31NOSi/c1-19(2,3)22(4,5)21-17-12-8-11-16-15-10-7-6-9-14(15)13-20-18(16)17/h13,17H,6-12H2,1-5H3. The van der Waals surface area contributed by atoms with E-state index in [1.807, 2.05) is 0 Å². The Labute approximate surface area is 136 Å². The molecule has 0 radical (unpaired) electrons. The van der Waals surface area contributed by atoms with Crippen LogP contribution in [0.3, 0.4) is 0 Å². The number of fused-ring (bicyclic) bond motifs is 3. The molecule has 0 bridgehead atoms. The van der Waals surface area contributed by atoms with Crippen LogP contribution in [0.5, 0.6) is 0 Å². The van der Waals surface area contributed by atoms with E-state index in [4.69, 9.17) is 9.41 Å². The molecule has 2 aliphatic carbocycles. The van der Waals surface area contributed by atoms with Crippen LogP contribution in [0.15, 0.2) is 6.20 Å². The van der Waals surface area contributed by atoms with Crippen LogP contribution in [0.1, 0.15) is 74.9 Å². The second-order valence-corrected chi connectivity index (χ2v) is 13.3. The Bertz CT molecular complexity index is 559. The van der Waals surface area contributed by atoms with Crippen LogP contribution < -0.4 is 0 Å².